The zero-order chi connectivity index (χ0) is 35.4. The van der Waals surface area contributed by atoms with Crippen LogP contribution in [0.4, 0.5) is 4.79 Å². The van der Waals surface area contributed by atoms with Crippen molar-refractivity contribution in [2.24, 2.45) is 29.4 Å². The molecule has 5 N–H and O–H groups in total. The van der Waals surface area contributed by atoms with E-state index in [-0.39, 0.29) is 35.3 Å². The highest BCUT2D eigenvalue weighted by Crippen LogP contribution is 2.37. The maximum atomic E-state index is 14.6. The predicted octanol–water partition coefficient (Wildman–Crippen LogP) is 3.36. The fourth-order valence-electron chi connectivity index (χ4n) is 8.00. The summed E-state index contributed by atoms with van der Waals surface area (Å²) in [6.45, 7) is 9.31. The molecule has 272 valence electrons. The number of primary amides is 1. The van der Waals surface area contributed by atoms with Gasteiger partial charge in [-0.3, -0.25) is 19.2 Å². The molecule has 13 heteroatoms. The lowest BCUT2D eigenvalue weighted by Crippen LogP contribution is -2.63. The summed E-state index contributed by atoms with van der Waals surface area (Å²) in [5, 5.41) is 8.83. The highest BCUT2D eigenvalue weighted by atomic mass is 32.2. The Morgan fingerprint density at radius 1 is 0.875 bits per heavy atom. The molecule has 0 bridgehead atoms. The van der Waals surface area contributed by atoms with Crippen molar-refractivity contribution in [2.45, 2.75) is 153 Å². The molecule has 1 heterocycles. The van der Waals surface area contributed by atoms with Gasteiger partial charge in [-0.25, -0.2) is 13.2 Å². The van der Waals surface area contributed by atoms with Gasteiger partial charge in [0.25, 0.3) is 5.91 Å². The number of hydrogen-bond acceptors (Lipinski definition) is 7. The summed E-state index contributed by atoms with van der Waals surface area (Å²) in [7, 11) is -3.55. The monoisotopic (exact) mass is 693 g/mol. The largest absolute Gasteiger partial charge is 0.363 e. The number of hydrogen-bond donors (Lipinski definition) is 4. The first-order valence-corrected chi connectivity index (χ1v) is 19.9. The Hall–Kier alpha value is -2.70. The third-order valence-corrected chi connectivity index (χ3v) is 14.1. The first kappa shape index (κ1) is 38.1. The Balaban J connectivity index is 1.58. The molecule has 4 atom stereocenters. The number of nitrogens with two attached hydrogens (primary N) is 1. The van der Waals surface area contributed by atoms with E-state index in [4.69, 9.17) is 5.73 Å². The van der Waals surface area contributed by atoms with Gasteiger partial charge in [-0.05, 0) is 83.0 Å². The normalized spacial score (nSPS) is 24.8. The number of carbonyl (C=O) groups is 5. The van der Waals surface area contributed by atoms with Crippen LogP contribution >= 0.6 is 0 Å². The molecule has 4 fully saturated rings. The van der Waals surface area contributed by atoms with Crippen molar-refractivity contribution >= 4 is 39.4 Å². The SMILES string of the molecule is CC(C)C1CCN(C(=O)[C@@H](NC(=O)NC2(CS(=O)(=O)C(C)(C)C)CCCCC2)C2CCCCC2)[C@@H]1C(=O)NC(CC1CC1)C(=O)C(N)=O. The number of likely N-dealkylation sites (tertiary alicyclic amines) is 1. The van der Waals surface area contributed by atoms with Crippen LogP contribution in [0.1, 0.15) is 125 Å². The van der Waals surface area contributed by atoms with Gasteiger partial charge in [-0.15, -0.1) is 0 Å². The van der Waals surface area contributed by atoms with Crippen LogP contribution in [0, 0.1) is 23.7 Å². The fraction of sp³-hybridized carbons (Fsp3) is 0.857. The predicted molar refractivity (Wildman–Crippen MR) is 183 cm³/mol. The first-order valence-electron chi connectivity index (χ1n) is 18.2. The average molecular weight is 694 g/mol. The van der Waals surface area contributed by atoms with E-state index in [0.717, 1.165) is 64.2 Å². The zero-order valence-electron chi connectivity index (χ0n) is 29.6. The lowest BCUT2D eigenvalue weighted by molar-refractivity contribution is -0.144. The van der Waals surface area contributed by atoms with E-state index in [9.17, 15) is 32.4 Å². The van der Waals surface area contributed by atoms with Gasteiger partial charge in [0, 0.05) is 6.54 Å². The Kier molecular flexibility index (Phi) is 12.3. The molecule has 0 aromatic carbocycles. The zero-order valence-corrected chi connectivity index (χ0v) is 30.5. The number of urea groups is 1. The maximum absolute atomic E-state index is 14.6. The second-order valence-electron chi connectivity index (χ2n) is 16.3. The number of amides is 5. The molecule has 0 aromatic heterocycles. The minimum atomic E-state index is -3.55. The number of Topliss-reactive ketones (excluding diaryl/α,β-unsaturated/α-hetero) is 1. The van der Waals surface area contributed by atoms with Crippen LogP contribution in [-0.4, -0.2) is 83.6 Å². The molecule has 4 aliphatic rings. The Morgan fingerprint density at radius 2 is 1.48 bits per heavy atom. The van der Waals surface area contributed by atoms with E-state index in [1.54, 1.807) is 25.7 Å². The molecular weight excluding hydrogens is 634 g/mol. The van der Waals surface area contributed by atoms with Crippen LogP contribution in [0.2, 0.25) is 0 Å². The van der Waals surface area contributed by atoms with Crippen LogP contribution in [0.25, 0.3) is 0 Å². The molecule has 0 spiro atoms. The van der Waals surface area contributed by atoms with Crippen molar-refractivity contribution in [1.82, 2.24) is 20.9 Å². The number of ketones is 1. The minimum absolute atomic E-state index is 0.0487. The molecule has 1 saturated heterocycles. The first-order chi connectivity index (χ1) is 22.4. The van der Waals surface area contributed by atoms with Crippen LogP contribution in [0.3, 0.4) is 0 Å². The smallest absolute Gasteiger partial charge is 0.315 e. The molecule has 5 amide bonds. The maximum Gasteiger partial charge on any atom is 0.315 e. The van der Waals surface area contributed by atoms with Crippen LogP contribution in [0.15, 0.2) is 0 Å². The van der Waals surface area contributed by atoms with E-state index >= 15 is 0 Å². The topological polar surface area (TPSA) is 185 Å². The van der Waals surface area contributed by atoms with Gasteiger partial charge in [0.15, 0.2) is 9.84 Å². The summed E-state index contributed by atoms with van der Waals surface area (Å²) in [6.07, 6.45) is 10.7. The average Bonchev–Trinajstić information content (AvgIpc) is 3.71. The van der Waals surface area contributed by atoms with Crippen molar-refractivity contribution < 1.29 is 32.4 Å². The third-order valence-electron chi connectivity index (χ3n) is 11.3. The summed E-state index contributed by atoms with van der Waals surface area (Å²) in [5.41, 5.74) is 4.40. The third kappa shape index (κ3) is 9.29. The molecule has 1 aliphatic heterocycles. The quantitative estimate of drug-likeness (QED) is 0.213. The van der Waals surface area contributed by atoms with Gasteiger partial charge in [-0.2, -0.15) is 0 Å². The Bertz CT molecular complexity index is 1310. The highest BCUT2D eigenvalue weighted by Gasteiger charge is 2.48. The number of nitrogens with one attached hydrogen (secondary N) is 3. The summed E-state index contributed by atoms with van der Waals surface area (Å²) >= 11 is 0. The van der Waals surface area contributed by atoms with Crippen molar-refractivity contribution in [3.8, 4) is 0 Å². The molecule has 4 rings (SSSR count). The van der Waals surface area contributed by atoms with E-state index in [2.05, 4.69) is 16.0 Å². The van der Waals surface area contributed by atoms with E-state index in [1.165, 1.54) is 0 Å². The molecule has 48 heavy (non-hydrogen) atoms. The van der Waals surface area contributed by atoms with Crippen molar-refractivity contribution in [1.29, 1.82) is 0 Å². The van der Waals surface area contributed by atoms with Gasteiger partial charge in [0.05, 0.1) is 22.1 Å². The number of carbonyl (C=O) groups excluding carboxylic acids is 5. The second kappa shape index (κ2) is 15.5. The van der Waals surface area contributed by atoms with Gasteiger partial charge in [0.2, 0.25) is 17.6 Å². The number of nitrogens with zero attached hydrogens (tertiary/aromatic N) is 1. The van der Waals surface area contributed by atoms with E-state index in [1.807, 2.05) is 13.8 Å². The Morgan fingerprint density at radius 3 is 2.02 bits per heavy atom. The molecule has 12 nitrogen and oxygen atoms in total. The summed E-state index contributed by atoms with van der Waals surface area (Å²) in [6, 6.07) is -3.39. The molecule has 0 aromatic rings. The number of rotatable bonds is 13. The van der Waals surface area contributed by atoms with Gasteiger partial charge in [0.1, 0.15) is 12.1 Å². The highest BCUT2D eigenvalue weighted by molar-refractivity contribution is 7.92. The molecular formula is C35H59N5O7S. The Labute approximate surface area is 286 Å². The van der Waals surface area contributed by atoms with E-state index < -0.39 is 61.9 Å². The molecule has 2 unspecified atom stereocenters. The van der Waals surface area contributed by atoms with Gasteiger partial charge in [-0.1, -0.05) is 65.2 Å². The molecule has 3 saturated carbocycles. The summed E-state index contributed by atoms with van der Waals surface area (Å²) < 4.78 is 25.7. The van der Waals surface area contributed by atoms with Crippen LogP contribution < -0.4 is 21.7 Å². The second-order valence-corrected chi connectivity index (χ2v) is 19.1. The summed E-state index contributed by atoms with van der Waals surface area (Å²) in [4.78, 5) is 68.5. The van der Waals surface area contributed by atoms with Crippen molar-refractivity contribution in [2.75, 3.05) is 12.3 Å². The minimum Gasteiger partial charge on any atom is -0.363 e. The fourth-order valence-corrected chi connectivity index (χ4v) is 9.53. The van der Waals surface area contributed by atoms with Gasteiger partial charge < -0.3 is 26.6 Å². The molecule has 0 radical (unpaired) electrons. The summed E-state index contributed by atoms with van der Waals surface area (Å²) in [5.74, 6) is -2.98. The molecule has 3 aliphatic carbocycles. The van der Waals surface area contributed by atoms with Crippen LogP contribution in [-0.2, 0) is 29.0 Å². The van der Waals surface area contributed by atoms with Crippen molar-refractivity contribution in [3.05, 3.63) is 0 Å². The van der Waals surface area contributed by atoms with Crippen molar-refractivity contribution in [3.63, 3.8) is 0 Å². The lowest BCUT2D eigenvalue weighted by atomic mass is 9.82. The van der Waals surface area contributed by atoms with Gasteiger partial charge >= 0.3 is 6.03 Å². The standard InChI is InChI=1S/C35H59N5O7S/c1-22(2)25-16-19-40(28(25)31(43)37-26(20-23-14-15-23)29(41)30(36)42)32(44)27(24-12-8-6-9-13-24)38-33(45)39-35(17-10-7-11-18-35)21-48(46,47)34(3,4)5/h22-28H,6-21H2,1-5H3,(H2,36,42)(H,37,43)(H2,38,39,45)/t25?,26?,27-,28-/m0/s1. The lowest BCUT2D eigenvalue weighted by Gasteiger charge is -2.41. The number of sulfone groups is 1. The van der Waals surface area contributed by atoms with E-state index in [0.29, 0.717) is 32.2 Å². The van der Waals surface area contributed by atoms with Crippen LogP contribution in [0.5, 0.6) is 0 Å².